The van der Waals surface area contributed by atoms with E-state index in [1.54, 1.807) is 48.5 Å². The molecule has 42 heavy (non-hydrogen) atoms. The monoisotopic (exact) mass is 593 g/mol. The van der Waals surface area contributed by atoms with Gasteiger partial charge in [-0.05, 0) is 47.5 Å². The molecule has 2 aliphatic heterocycles. The fourth-order valence-electron chi connectivity index (χ4n) is 5.01. The summed E-state index contributed by atoms with van der Waals surface area (Å²) in [6.07, 6.45) is 0.307. The lowest BCUT2D eigenvalue weighted by atomic mass is 9.98. The number of hydrazone groups is 1. The van der Waals surface area contributed by atoms with Crippen molar-refractivity contribution < 1.29 is 23.6 Å². The molecule has 0 spiro atoms. The predicted octanol–water partition coefficient (Wildman–Crippen LogP) is 4.54. The number of carbonyl (C=O) groups is 2. The standard InChI is InChI=1S/C30H29ClFN5O5/c31-26-4-2-1-3-25(26)30(39)35(14-13-34-15-17-42-18-16-34)20-29(38)36-28(22-5-9-23(32)10-6-22)19-27(33-36)21-7-11-24(12-8-21)37(40)41/h1-12,28H,13-20H2/t28-/m0/s1. The van der Waals surface area contributed by atoms with Crippen LogP contribution in [0.5, 0.6) is 0 Å². The molecule has 2 heterocycles. The molecule has 2 aliphatic rings. The molecule has 218 valence electrons. The Labute approximate surface area is 247 Å². The summed E-state index contributed by atoms with van der Waals surface area (Å²) in [7, 11) is 0. The second-order valence-corrected chi connectivity index (χ2v) is 10.4. The number of rotatable bonds is 9. The molecule has 12 heteroatoms. The number of hydrogen-bond donors (Lipinski definition) is 0. The van der Waals surface area contributed by atoms with E-state index in [1.807, 2.05) is 0 Å². The number of nitro benzene ring substituents is 1. The van der Waals surface area contributed by atoms with Crippen LogP contribution in [0, 0.1) is 15.9 Å². The van der Waals surface area contributed by atoms with Crippen molar-refractivity contribution in [3.8, 4) is 0 Å². The van der Waals surface area contributed by atoms with Gasteiger partial charge in [-0.25, -0.2) is 9.40 Å². The summed E-state index contributed by atoms with van der Waals surface area (Å²) in [4.78, 5) is 41.8. The summed E-state index contributed by atoms with van der Waals surface area (Å²) < 4.78 is 19.2. The van der Waals surface area contributed by atoms with Crippen molar-refractivity contribution in [1.82, 2.24) is 14.8 Å². The Balaban J connectivity index is 1.42. The van der Waals surface area contributed by atoms with Crippen LogP contribution in [0.3, 0.4) is 0 Å². The minimum absolute atomic E-state index is 0.0608. The van der Waals surface area contributed by atoms with Gasteiger partial charge in [-0.15, -0.1) is 0 Å². The highest BCUT2D eigenvalue weighted by Crippen LogP contribution is 2.33. The van der Waals surface area contributed by atoms with E-state index in [0.717, 1.165) is 13.1 Å². The zero-order chi connectivity index (χ0) is 29.6. The molecule has 1 saturated heterocycles. The molecule has 3 aromatic carbocycles. The first-order valence-corrected chi connectivity index (χ1v) is 13.9. The zero-order valence-corrected chi connectivity index (χ0v) is 23.5. The minimum Gasteiger partial charge on any atom is -0.379 e. The largest absolute Gasteiger partial charge is 0.379 e. The Kier molecular flexibility index (Phi) is 9.21. The molecule has 0 bridgehead atoms. The van der Waals surface area contributed by atoms with Gasteiger partial charge in [0.2, 0.25) is 0 Å². The van der Waals surface area contributed by atoms with Gasteiger partial charge in [0, 0.05) is 44.7 Å². The molecule has 1 fully saturated rings. The first kappa shape index (κ1) is 29.3. The van der Waals surface area contributed by atoms with Gasteiger partial charge in [-0.1, -0.05) is 35.9 Å². The van der Waals surface area contributed by atoms with Crippen LogP contribution in [0.1, 0.15) is 33.9 Å². The second-order valence-electron chi connectivity index (χ2n) is 10.0. The van der Waals surface area contributed by atoms with Crippen LogP contribution in [0.15, 0.2) is 77.9 Å². The number of hydrogen-bond acceptors (Lipinski definition) is 7. The number of halogens is 2. The number of amides is 2. The molecule has 0 aromatic heterocycles. The van der Waals surface area contributed by atoms with Gasteiger partial charge in [0.25, 0.3) is 17.5 Å². The Bertz CT molecular complexity index is 1480. The maximum atomic E-state index is 13.9. The summed E-state index contributed by atoms with van der Waals surface area (Å²) in [5.74, 6) is -1.21. The first-order valence-electron chi connectivity index (χ1n) is 13.5. The van der Waals surface area contributed by atoms with Crippen LogP contribution in [0.25, 0.3) is 0 Å². The van der Waals surface area contributed by atoms with E-state index >= 15 is 0 Å². The van der Waals surface area contributed by atoms with Crippen molar-refractivity contribution in [2.45, 2.75) is 12.5 Å². The summed E-state index contributed by atoms with van der Waals surface area (Å²) in [5, 5.41) is 17.3. The number of nitro groups is 1. The smallest absolute Gasteiger partial charge is 0.269 e. The fourth-order valence-corrected chi connectivity index (χ4v) is 5.23. The average Bonchev–Trinajstić information content (AvgIpc) is 3.46. The number of morpholine rings is 1. The molecular weight excluding hydrogens is 565 g/mol. The number of carbonyl (C=O) groups excluding carboxylic acids is 2. The SMILES string of the molecule is O=C(c1ccccc1Cl)N(CCN1CCOCC1)CC(=O)N1N=C(c2ccc([N+](=O)[O-])cc2)C[C@H]1c1ccc(F)cc1. The van der Waals surface area contributed by atoms with Crippen LogP contribution in [0.2, 0.25) is 5.02 Å². The Morgan fingerprint density at radius 1 is 1.05 bits per heavy atom. The van der Waals surface area contributed by atoms with Crippen LogP contribution >= 0.6 is 11.6 Å². The summed E-state index contributed by atoms with van der Waals surface area (Å²) in [6.45, 7) is 3.22. The normalized spacial score (nSPS) is 17.1. The van der Waals surface area contributed by atoms with Crippen molar-refractivity contribution in [3.63, 3.8) is 0 Å². The highest BCUT2D eigenvalue weighted by molar-refractivity contribution is 6.33. The second kappa shape index (κ2) is 13.2. The molecule has 0 saturated carbocycles. The highest BCUT2D eigenvalue weighted by atomic mass is 35.5. The quantitative estimate of drug-likeness (QED) is 0.266. The van der Waals surface area contributed by atoms with Gasteiger partial charge in [-0.2, -0.15) is 5.10 Å². The molecule has 0 N–H and O–H groups in total. The van der Waals surface area contributed by atoms with E-state index in [1.165, 1.54) is 34.2 Å². The lowest BCUT2D eigenvalue weighted by Gasteiger charge is -2.31. The van der Waals surface area contributed by atoms with Crippen molar-refractivity contribution in [3.05, 3.63) is 110 Å². The lowest BCUT2D eigenvalue weighted by Crippen LogP contribution is -2.46. The van der Waals surface area contributed by atoms with Crippen LogP contribution in [0.4, 0.5) is 10.1 Å². The van der Waals surface area contributed by atoms with E-state index in [2.05, 4.69) is 10.0 Å². The van der Waals surface area contributed by atoms with Crippen LogP contribution < -0.4 is 0 Å². The summed E-state index contributed by atoms with van der Waals surface area (Å²) in [5.41, 5.74) is 2.07. The molecule has 1 atom stereocenters. The fraction of sp³-hybridized carbons (Fsp3) is 0.300. The lowest BCUT2D eigenvalue weighted by molar-refractivity contribution is -0.384. The van der Waals surface area contributed by atoms with Crippen LogP contribution in [-0.4, -0.2) is 83.2 Å². The van der Waals surface area contributed by atoms with E-state index in [4.69, 9.17) is 16.3 Å². The Morgan fingerprint density at radius 3 is 2.40 bits per heavy atom. The number of nitrogens with zero attached hydrogens (tertiary/aromatic N) is 5. The summed E-state index contributed by atoms with van der Waals surface area (Å²) in [6, 6.07) is 17.9. The third-order valence-electron chi connectivity index (χ3n) is 7.34. The summed E-state index contributed by atoms with van der Waals surface area (Å²) >= 11 is 6.34. The number of non-ortho nitro benzene ring substituents is 1. The van der Waals surface area contributed by atoms with Gasteiger partial charge >= 0.3 is 0 Å². The predicted molar refractivity (Wildman–Crippen MR) is 155 cm³/mol. The molecule has 0 aliphatic carbocycles. The van der Waals surface area contributed by atoms with E-state index in [9.17, 15) is 24.1 Å². The highest BCUT2D eigenvalue weighted by Gasteiger charge is 2.35. The van der Waals surface area contributed by atoms with Crippen molar-refractivity contribution in [2.75, 3.05) is 45.9 Å². The Morgan fingerprint density at radius 2 is 1.74 bits per heavy atom. The molecule has 5 rings (SSSR count). The molecule has 3 aromatic rings. The number of benzene rings is 3. The third kappa shape index (κ3) is 6.81. The molecule has 2 amide bonds. The molecule has 10 nitrogen and oxygen atoms in total. The minimum atomic E-state index is -0.556. The van der Waals surface area contributed by atoms with E-state index in [-0.39, 0.29) is 29.7 Å². The van der Waals surface area contributed by atoms with Crippen molar-refractivity contribution in [1.29, 1.82) is 0 Å². The van der Waals surface area contributed by atoms with Gasteiger partial charge in [0.1, 0.15) is 12.4 Å². The van der Waals surface area contributed by atoms with Gasteiger partial charge in [-0.3, -0.25) is 24.6 Å². The van der Waals surface area contributed by atoms with Gasteiger partial charge in [0.05, 0.1) is 40.5 Å². The molecular formula is C30H29ClFN5O5. The maximum Gasteiger partial charge on any atom is 0.269 e. The van der Waals surface area contributed by atoms with E-state index in [0.29, 0.717) is 48.6 Å². The van der Waals surface area contributed by atoms with Crippen LogP contribution in [-0.2, 0) is 9.53 Å². The van der Waals surface area contributed by atoms with Gasteiger partial charge < -0.3 is 9.64 Å². The third-order valence-corrected chi connectivity index (χ3v) is 7.67. The Hall–Kier alpha value is -4.19. The first-order chi connectivity index (χ1) is 20.3. The van der Waals surface area contributed by atoms with Gasteiger partial charge in [0.15, 0.2) is 0 Å². The molecule has 0 unspecified atom stereocenters. The zero-order valence-electron chi connectivity index (χ0n) is 22.7. The maximum absolute atomic E-state index is 13.9. The van der Waals surface area contributed by atoms with E-state index < -0.39 is 22.7 Å². The molecule has 0 radical (unpaired) electrons. The average molecular weight is 594 g/mol. The number of ether oxygens (including phenoxy) is 1. The topological polar surface area (TPSA) is 109 Å². The van der Waals surface area contributed by atoms with Crippen molar-refractivity contribution >= 4 is 34.8 Å². The van der Waals surface area contributed by atoms with Crippen molar-refractivity contribution in [2.24, 2.45) is 5.10 Å².